The highest BCUT2D eigenvalue weighted by molar-refractivity contribution is 7.59. The average molecular weight is 856 g/mol. The van der Waals surface area contributed by atoms with Gasteiger partial charge in [-0.1, -0.05) is 59.6 Å². The fraction of sp³-hybridized carbons (Fsp3) is 0.368. The quantitative estimate of drug-likeness (QED) is 0.0708. The van der Waals surface area contributed by atoms with E-state index in [9.17, 15) is 30.0 Å². The van der Waals surface area contributed by atoms with Gasteiger partial charge in [-0.2, -0.15) is 37.0 Å². The molecule has 0 aliphatic rings. The molecule has 0 spiro atoms. The van der Waals surface area contributed by atoms with Gasteiger partial charge in [-0.25, -0.2) is 0 Å². The minimum Gasteiger partial charge on any atom is -0.481 e. The molecule has 0 aliphatic carbocycles. The predicted octanol–water partition coefficient (Wildman–Crippen LogP) is 5.32. The van der Waals surface area contributed by atoms with Crippen molar-refractivity contribution in [3.63, 3.8) is 0 Å². The Kier molecular flexibility index (Phi) is 18.0. The largest absolute Gasteiger partial charge is 0.481 e. The van der Waals surface area contributed by atoms with Crippen molar-refractivity contribution in [2.24, 2.45) is 0 Å². The molecule has 56 heavy (non-hydrogen) atoms. The lowest BCUT2D eigenvalue weighted by molar-refractivity contribution is -0.146. The smallest absolute Gasteiger partial charge is 0.326 e. The van der Waals surface area contributed by atoms with Crippen molar-refractivity contribution < 1.29 is 49.0 Å². The summed E-state index contributed by atoms with van der Waals surface area (Å²) in [4.78, 5) is 32.0. The van der Waals surface area contributed by atoms with Crippen molar-refractivity contribution in [1.29, 1.82) is 0 Å². The molecule has 0 saturated carbocycles. The molecule has 0 bridgehead atoms. The fourth-order valence-electron chi connectivity index (χ4n) is 5.33. The number of pyridine rings is 2. The fourth-order valence-corrected chi connectivity index (χ4v) is 5.79. The van der Waals surface area contributed by atoms with E-state index in [1.54, 1.807) is 12.1 Å². The summed E-state index contributed by atoms with van der Waals surface area (Å²) in [7, 11) is 2.86. The van der Waals surface area contributed by atoms with E-state index in [1.165, 1.54) is 28.1 Å². The van der Waals surface area contributed by atoms with Crippen LogP contribution in [0.3, 0.4) is 0 Å². The van der Waals surface area contributed by atoms with Crippen LogP contribution < -0.4 is 29.6 Å². The lowest BCUT2D eigenvalue weighted by Gasteiger charge is -2.24. The topological polar surface area (TPSA) is 202 Å². The molecule has 18 heteroatoms. The number of carboxylic acid groups (broad SMARTS) is 2. The maximum atomic E-state index is 11.6. The molecule has 4 aromatic rings. The number of rotatable bonds is 19. The van der Waals surface area contributed by atoms with Gasteiger partial charge in [0.15, 0.2) is 0 Å². The van der Waals surface area contributed by atoms with Crippen LogP contribution in [0, 0.1) is 13.8 Å². The maximum Gasteiger partial charge on any atom is 0.326 e. The van der Waals surface area contributed by atoms with Crippen molar-refractivity contribution in [3.8, 4) is 34.6 Å². The van der Waals surface area contributed by atoms with Crippen molar-refractivity contribution in [3.05, 3.63) is 92.0 Å². The van der Waals surface area contributed by atoms with Gasteiger partial charge < -0.3 is 39.4 Å². The number of nitrogens with one attached hydrogen (secondary N) is 2. The van der Waals surface area contributed by atoms with Crippen LogP contribution in [-0.4, -0.2) is 80.8 Å². The minimum atomic E-state index is -1.57. The molecule has 2 atom stereocenters. The third kappa shape index (κ3) is 11.1. The Bertz CT molecular complexity index is 1870. The number of ether oxygens (including phenoxy) is 4. The molecule has 4 rings (SSSR count). The molecule has 0 unspecified atom stereocenters. The standard InChI is InChI=1S/C38H44Cl2N4O10.2H2S/c1-21-23(17-53-33-29(39)13-25(31(43-33)51-5)15-41-37(3,19-45)35(47)48)9-7-11-27(21)28-12-8-10-24(22(28)2)18-54-34-30(40)14-26(32(44-34)52-6)16-42-38(4,20-46)36(49)50;;/h7-14,41-42,45-46H,15-20H2,1-6H3,(H,47,48)(H,49,50);2*1H2/t37-,38-;;/m0../s1. The predicted molar refractivity (Wildman–Crippen MR) is 222 cm³/mol. The first-order valence-corrected chi connectivity index (χ1v) is 17.4. The third-order valence-electron chi connectivity index (χ3n) is 9.18. The van der Waals surface area contributed by atoms with Crippen LogP contribution >= 0.6 is 50.2 Å². The number of halogens is 2. The highest BCUT2D eigenvalue weighted by atomic mass is 35.5. The lowest BCUT2D eigenvalue weighted by Crippen LogP contribution is -2.52. The van der Waals surface area contributed by atoms with Gasteiger partial charge in [0.05, 0.1) is 27.4 Å². The van der Waals surface area contributed by atoms with Gasteiger partial charge in [0.25, 0.3) is 0 Å². The number of aliphatic hydroxyl groups is 2. The zero-order valence-electron chi connectivity index (χ0n) is 31.8. The van der Waals surface area contributed by atoms with E-state index in [2.05, 4.69) is 20.6 Å². The highest BCUT2D eigenvalue weighted by Gasteiger charge is 2.33. The van der Waals surface area contributed by atoms with E-state index in [0.717, 1.165) is 33.4 Å². The van der Waals surface area contributed by atoms with Crippen LogP contribution in [0.2, 0.25) is 10.0 Å². The Morgan fingerprint density at radius 1 is 0.661 bits per heavy atom. The summed E-state index contributed by atoms with van der Waals surface area (Å²) in [5.74, 6) is -1.76. The zero-order chi connectivity index (χ0) is 39.8. The van der Waals surface area contributed by atoms with E-state index in [1.807, 2.05) is 50.2 Å². The Balaban J connectivity index is 0.00000541. The Morgan fingerprint density at radius 2 is 1.02 bits per heavy atom. The molecule has 0 radical (unpaired) electrons. The molecule has 0 amide bonds. The lowest BCUT2D eigenvalue weighted by atomic mass is 9.92. The number of aliphatic carboxylic acids is 2. The van der Waals surface area contributed by atoms with E-state index in [4.69, 9.17) is 42.1 Å². The van der Waals surface area contributed by atoms with Crippen LogP contribution in [0.15, 0.2) is 48.5 Å². The summed E-state index contributed by atoms with van der Waals surface area (Å²) < 4.78 is 23.0. The second-order valence-electron chi connectivity index (χ2n) is 12.9. The summed E-state index contributed by atoms with van der Waals surface area (Å²) in [5, 5.41) is 44.0. The van der Waals surface area contributed by atoms with Gasteiger partial charge in [0.2, 0.25) is 23.5 Å². The first kappa shape index (κ1) is 48.1. The van der Waals surface area contributed by atoms with E-state index in [0.29, 0.717) is 11.1 Å². The molecule has 0 saturated heterocycles. The second-order valence-corrected chi connectivity index (χ2v) is 13.8. The molecular weight excluding hydrogens is 807 g/mol. The van der Waals surface area contributed by atoms with Gasteiger partial charge in [-0.15, -0.1) is 0 Å². The molecule has 306 valence electrons. The van der Waals surface area contributed by atoms with E-state index in [-0.39, 0.29) is 86.9 Å². The zero-order valence-corrected chi connectivity index (χ0v) is 35.3. The van der Waals surface area contributed by atoms with Crippen LogP contribution in [0.5, 0.6) is 23.5 Å². The summed E-state index contributed by atoms with van der Waals surface area (Å²) in [6, 6.07) is 14.9. The number of aromatic nitrogens is 2. The van der Waals surface area contributed by atoms with Crippen molar-refractivity contribution in [2.45, 2.75) is 65.1 Å². The molecule has 0 fully saturated rings. The number of benzene rings is 2. The molecule has 14 nitrogen and oxygen atoms in total. The Hall–Kier alpha value is -4.00. The number of carbonyl (C=O) groups is 2. The highest BCUT2D eigenvalue weighted by Crippen LogP contribution is 2.34. The number of hydrogen-bond acceptors (Lipinski definition) is 12. The monoisotopic (exact) mass is 854 g/mol. The third-order valence-corrected chi connectivity index (χ3v) is 9.72. The SMILES string of the molecule is COc1nc(OCc2cccc(-c3cccc(COc4nc(OC)c(CN[C@@](C)(CO)C(=O)O)cc4Cl)c3C)c2C)c(Cl)cc1CN[C@@](C)(CO)C(=O)O.S.S. The molecule has 0 aliphatic heterocycles. The van der Waals surface area contributed by atoms with Gasteiger partial charge >= 0.3 is 11.9 Å². The van der Waals surface area contributed by atoms with Crippen molar-refractivity contribution in [2.75, 3.05) is 27.4 Å². The first-order valence-electron chi connectivity index (χ1n) is 16.7. The van der Waals surface area contributed by atoms with Crippen LogP contribution in [0.4, 0.5) is 0 Å². The number of hydrogen-bond donors (Lipinski definition) is 6. The summed E-state index contributed by atoms with van der Waals surface area (Å²) >= 11 is 13.1. The van der Waals surface area contributed by atoms with Gasteiger partial charge in [-0.3, -0.25) is 20.2 Å². The maximum absolute atomic E-state index is 11.6. The van der Waals surface area contributed by atoms with Crippen molar-refractivity contribution in [1.82, 2.24) is 20.6 Å². The van der Waals surface area contributed by atoms with Crippen LogP contribution in [0.1, 0.15) is 47.2 Å². The van der Waals surface area contributed by atoms with E-state index < -0.39 is 36.2 Å². The van der Waals surface area contributed by atoms with Crippen molar-refractivity contribution >= 4 is 62.1 Å². The molecule has 6 N–H and O–H groups in total. The minimum absolute atomic E-state index is 0. The van der Waals surface area contributed by atoms with Gasteiger partial charge in [0.1, 0.15) is 34.3 Å². The number of nitrogens with zero attached hydrogens (tertiary/aromatic N) is 2. The number of carboxylic acids is 2. The van der Waals surface area contributed by atoms with Gasteiger partial charge in [-0.05, 0) is 73.2 Å². The summed E-state index contributed by atoms with van der Waals surface area (Å²) in [6.07, 6.45) is 0. The number of aliphatic hydroxyl groups excluding tert-OH is 2. The molecule has 2 aromatic heterocycles. The average Bonchev–Trinajstić information content (AvgIpc) is 3.15. The number of methoxy groups -OCH3 is 2. The van der Waals surface area contributed by atoms with Gasteiger partial charge in [0, 0.05) is 24.2 Å². The Morgan fingerprint density at radius 3 is 1.32 bits per heavy atom. The van der Waals surface area contributed by atoms with E-state index >= 15 is 0 Å². The van der Waals surface area contributed by atoms with Crippen LogP contribution in [0.25, 0.3) is 11.1 Å². The molecular formula is C38H48Cl2N4O10S2. The Labute approximate surface area is 349 Å². The molecule has 2 heterocycles. The summed E-state index contributed by atoms with van der Waals surface area (Å²) in [6.45, 7) is 5.81. The first-order chi connectivity index (χ1) is 25.6. The molecule has 2 aromatic carbocycles. The van der Waals surface area contributed by atoms with Crippen LogP contribution in [-0.2, 0) is 35.9 Å². The summed E-state index contributed by atoms with van der Waals surface area (Å²) in [5.41, 5.74) is 3.50. The normalized spacial score (nSPS) is 13.0. The second kappa shape index (κ2) is 21.0.